The van der Waals surface area contributed by atoms with E-state index in [0.29, 0.717) is 17.4 Å². The molecule has 1 atom stereocenters. The van der Waals surface area contributed by atoms with Crippen molar-refractivity contribution < 1.29 is 9.21 Å². The number of likely N-dealkylation sites (tertiary alicyclic amines) is 1. The van der Waals surface area contributed by atoms with E-state index in [1.165, 1.54) is 4.57 Å². The molecule has 7 heteroatoms. The number of rotatable bonds is 3. The predicted molar refractivity (Wildman–Crippen MR) is 87.2 cm³/mol. The van der Waals surface area contributed by atoms with Gasteiger partial charge < -0.3 is 14.6 Å². The average Bonchev–Trinajstić information content (AvgIpc) is 3.11. The number of nitrogens with zero attached hydrogens (tertiary/aromatic N) is 2. The molecule has 1 aromatic heterocycles. The number of urea groups is 1. The number of carbonyl (C=O) groups excluding carboxylic acids is 1. The van der Waals surface area contributed by atoms with E-state index in [-0.39, 0.29) is 11.8 Å². The molecule has 1 N–H and O–H groups in total. The van der Waals surface area contributed by atoms with Crippen molar-refractivity contribution in [3.8, 4) is 0 Å². The van der Waals surface area contributed by atoms with Gasteiger partial charge in [-0.05, 0) is 30.4 Å². The number of carbonyl (C=O) groups is 1. The van der Waals surface area contributed by atoms with E-state index in [2.05, 4.69) is 11.6 Å². The molecular weight excluding hydrogens is 302 g/mol. The monoisotopic (exact) mass is 321 g/mol. The Labute approximate surface area is 132 Å². The lowest BCUT2D eigenvalue weighted by Gasteiger charge is -2.17. The topological polar surface area (TPSA) is 67.5 Å². The highest BCUT2D eigenvalue weighted by molar-refractivity contribution is 7.99. The number of oxazole rings is 1. The van der Waals surface area contributed by atoms with Gasteiger partial charge in [0.15, 0.2) is 5.58 Å². The summed E-state index contributed by atoms with van der Waals surface area (Å²) in [6, 6.07) is 5.46. The van der Waals surface area contributed by atoms with E-state index >= 15 is 0 Å². The molecule has 2 aromatic rings. The summed E-state index contributed by atoms with van der Waals surface area (Å²) in [7, 11) is 1.67. The van der Waals surface area contributed by atoms with Crippen LogP contribution in [0.25, 0.3) is 11.1 Å². The Balaban J connectivity index is 1.65. The molecule has 6 nitrogen and oxygen atoms in total. The largest absolute Gasteiger partial charge is 0.419 e. The Bertz CT molecular complexity index is 752. The molecule has 1 unspecified atom stereocenters. The molecule has 0 radical (unpaired) electrons. The highest BCUT2D eigenvalue weighted by Gasteiger charge is 2.25. The van der Waals surface area contributed by atoms with Gasteiger partial charge in [0.1, 0.15) is 0 Å². The van der Waals surface area contributed by atoms with Crippen molar-refractivity contribution in [2.24, 2.45) is 7.05 Å². The summed E-state index contributed by atoms with van der Waals surface area (Å²) >= 11 is 1.81. The van der Waals surface area contributed by atoms with Gasteiger partial charge >= 0.3 is 11.8 Å². The zero-order valence-electron chi connectivity index (χ0n) is 12.7. The lowest BCUT2D eigenvalue weighted by Crippen LogP contribution is -2.38. The SMILES string of the molecule is CSC1CCN(C(=O)NCc2ccc3oc(=O)n(C)c3c2)C1. The first-order valence-electron chi connectivity index (χ1n) is 7.22. The van der Waals surface area contributed by atoms with Crippen LogP contribution in [0.4, 0.5) is 4.79 Å². The third kappa shape index (κ3) is 2.85. The number of aryl methyl sites for hydroxylation is 1. The van der Waals surface area contributed by atoms with E-state index in [1.807, 2.05) is 28.8 Å². The van der Waals surface area contributed by atoms with E-state index in [9.17, 15) is 9.59 Å². The van der Waals surface area contributed by atoms with Gasteiger partial charge in [0.25, 0.3) is 0 Å². The van der Waals surface area contributed by atoms with Crippen molar-refractivity contribution >= 4 is 28.9 Å². The maximum Gasteiger partial charge on any atom is 0.419 e. The van der Waals surface area contributed by atoms with Crippen molar-refractivity contribution in [1.29, 1.82) is 0 Å². The molecule has 1 aromatic carbocycles. The van der Waals surface area contributed by atoms with Crippen LogP contribution < -0.4 is 11.1 Å². The zero-order valence-corrected chi connectivity index (χ0v) is 13.5. The van der Waals surface area contributed by atoms with Crippen molar-refractivity contribution in [1.82, 2.24) is 14.8 Å². The summed E-state index contributed by atoms with van der Waals surface area (Å²) in [6.07, 6.45) is 3.13. The summed E-state index contributed by atoms with van der Waals surface area (Å²) in [4.78, 5) is 25.5. The highest BCUT2D eigenvalue weighted by atomic mass is 32.2. The summed E-state index contributed by atoms with van der Waals surface area (Å²) in [5.74, 6) is -0.378. The van der Waals surface area contributed by atoms with Crippen LogP contribution in [-0.2, 0) is 13.6 Å². The minimum absolute atomic E-state index is 0.0299. The number of aromatic nitrogens is 1. The first-order valence-corrected chi connectivity index (χ1v) is 8.51. The van der Waals surface area contributed by atoms with E-state index in [4.69, 9.17) is 4.42 Å². The Kier molecular flexibility index (Phi) is 4.15. The molecule has 22 heavy (non-hydrogen) atoms. The number of benzene rings is 1. The molecule has 0 spiro atoms. The number of thioether (sulfide) groups is 1. The number of fused-ring (bicyclic) bond motifs is 1. The van der Waals surface area contributed by atoms with E-state index in [1.54, 1.807) is 13.1 Å². The second-order valence-electron chi connectivity index (χ2n) is 5.48. The second-order valence-corrected chi connectivity index (χ2v) is 6.62. The first-order chi connectivity index (χ1) is 10.6. The lowest BCUT2D eigenvalue weighted by atomic mass is 10.2. The van der Waals surface area contributed by atoms with E-state index in [0.717, 1.165) is 30.6 Å². The molecule has 1 saturated heterocycles. The predicted octanol–water partition coefficient (Wildman–Crippen LogP) is 1.78. The molecule has 2 amide bonds. The fourth-order valence-electron chi connectivity index (χ4n) is 2.68. The minimum atomic E-state index is -0.378. The van der Waals surface area contributed by atoms with E-state index < -0.39 is 0 Å². The van der Waals surface area contributed by atoms with Crippen LogP contribution in [0.2, 0.25) is 0 Å². The molecule has 1 aliphatic heterocycles. The second kappa shape index (κ2) is 6.08. The zero-order chi connectivity index (χ0) is 15.7. The summed E-state index contributed by atoms with van der Waals surface area (Å²) < 4.78 is 6.56. The molecular formula is C15H19N3O3S. The number of amides is 2. The molecule has 3 rings (SSSR count). The fraction of sp³-hybridized carbons (Fsp3) is 0.467. The number of hydrogen-bond donors (Lipinski definition) is 1. The molecule has 0 saturated carbocycles. The smallest absolute Gasteiger partial charge is 0.408 e. The van der Waals surface area contributed by atoms with Crippen molar-refractivity contribution in [2.45, 2.75) is 18.2 Å². The Morgan fingerprint density at radius 1 is 1.50 bits per heavy atom. The van der Waals surface area contributed by atoms with Crippen LogP contribution in [-0.4, -0.2) is 40.1 Å². The standard InChI is InChI=1S/C15H19N3O3S/c1-17-12-7-10(3-4-13(12)21-15(17)20)8-16-14(19)18-6-5-11(9-18)22-2/h3-4,7,11H,5-6,8-9H2,1-2H3,(H,16,19). The normalized spacial score (nSPS) is 18.1. The fourth-order valence-corrected chi connectivity index (χ4v) is 3.35. The first kappa shape index (κ1) is 15.0. The van der Waals surface area contributed by atoms with Gasteiger partial charge in [0.2, 0.25) is 0 Å². The van der Waals surface area contributed by atoms with Gasteiger partial charge in [0, 0.05) is 31.9 Å². The average molecular weight is 321 g/mol. The summed E-state index contributed by atoms with van der Waals surface area (Å²) in [5.41, 5.74) is 2.24. The van der Waals surface area contributed by atoms with Crippen molar-refractivity contribution in [3.63, 3.8) is 0 Å². The van der Waals surface area contributed by atoms with Gasteiger partial charge in [-0.1, -0.05) is 6.07 Å². The maximum atomic E-state index is 12.1. The van der Waals surface area contributed by atoms with Crippen molar-refractivity contribution in [2.75, 3.05) is 19.3 Å². The number of nitrogens with one attached hydrogen (secondary N) is 1. The summed E-state index contributed by atoms with van der Waals surface area (Å²) in [6.45, 7) is 2.06. The van der Waals surface area contributed by atoms with Gasteiger partial charge in [-0.3, -0.25) is 4.57 Å². The lowest BCUT2D eigenvalue weighted by molar-refractivity contribution is 0.208. The van der Waals surface area contributed by atoms with Gasteiger partial charge in [-0.2, -0.15) is 11.8 Å². The third-order valence-corrected chi connectivity index (χ3v) is 5.12. The Morgan fingerprint density at radius 2 is 2.32 bits per heavy atom. The van der Waals surface area contributed by atoms with Crippen LogP contribution in [0.3, 0.4) is 0 Å². The van der Waals surface area contributed by atoms with Gasteiger partial charge in [-0.25, -0.2) is 9.59 Å². The molecule has 1 fully saturated rings. The third-order valence-electron chi connectivity index (χ3n) is 4.07. The van der Waals surface area contributed by atoms with Crippen LogP contribution in [0.1, 0.15) is 12.0 Å². The quantitative estimate of drug-likeness (QED) is 0.936. The molecule has 118 valence electrons. The van der Waals surface area contributed by atoms with Gasteiger partial charge in [0.05, 0.1) is 5.52 Å². The maximum absolute atomic E-state index is 12.1. The van der Waals surface area contributed by atoms with Crippen LogP contribution in [0.5, 0.6) is 0 Å². The van der Waals surface area contributed by atoms with Crippen LogP contribution in [0.15, 0.2) is 27.4 Å². The molecule has 1 aliphatic rings. The molecule has 2 heterocycles. The number of hydrogen-bond acceptors (Lipinski definition) is 4. The molecule has 0 aliphatic carbocycles. The molecule has 0 bridgehead atoms. The Hall–Kier alpha value is -1.89. The highest BCUT2D eigenvalue weighted by Crippen LogP contribution is 2.20. The van der Waals surface area contributed by atoms with Crippen LogP contribution >= 0.6 is 11.8 Å². The summed E-state index contributed by atoms with van der Waals surface area (Å²) in [5, 5.41) is 3.48. The minimum Gasteiger partial charge on any atom is -0.408 e. The van der Waals surface area contributed by atoms with Crippen LogP contribution in [0, 0.1) is 0 Å². The van der Waals surface area contributed by atoms with Crippen molar-refractivity contribution in [3.05, 3.63) is 34.3 Å². The Morgan fingerprint density at radius 3 is 3.05 bits per heavy atom. The van der Waals surface area contributed by atoms with Gasteiger partial charge in [-0.15, -0.1) is 0 Å².